The average Bonchev–Trinajstić information content (AvgIpc) is 3.43. The highest BCUT2D eigenvalue weighted by molar-refractivity contribution is 5.97. The lowest BCUT2D eigenvalue weighted by atomic mass is 9.98. The van der Waals surface area contributed by atoms with Crippen LogP contribution in [0.15, 0.2) is 36.5 Å². The van der Waals surface area contributed by atoms with Crippen molar-refractivity contribution in [3.8, 4) is 5.75 Å². The van der Waals surface area contributed by atoms with Crippen LogP contribution >= 0.6 is 0 Å². The van der Waals surface area contributed by atoms with Gasteiger partial charge in [-0.2, -0.15) is 5.10 Å². The zero-order valence-electron chi connectivity index (χ0n) is 19.3. The van der Waals surface area contributed by atoms with Crippen LogP contribution in [0.2, 0.25) is 0 Å². The average molecular weight is 489 g/mol. The van der Waals surface area contributed by atoms with Crippen LogP contribution in [0.3, 0.4) is 0 Å². The quantitative estimate of drug-likeness (QED) is 0.600. The van der Waals surface area contributed by atoms with Gasteiger partial charge in [-0.25, -0.2) is 9.50 Å². The summed E-state index contributed by atoms with van der Waals surface area (Å²) in [6.07, 6.45) is 0.230. The van der Waals surface area contributed by atoms with E-state index in [-0.39, 0.29) is 17.6 Å². The molecule has 0 unspecified atom stereocenters. The summed E-state index contributed by atoms with van der Waals surface area (Å²) in [6.45, 7) is 3.98. The Bertz CT molecular complexity index is 1240. The number of alkyl halides is 3. The van der Waals surface area contributed by atoms with Gasteiger partial charge in [0.25, 0.3) is 5.91 Å². The van der Waals surface area contributed by atoms with Gasteiger partial charge in [-0.3, -0.25) is 4.79 Å². The number of benzene rings is 1. The third-order valence-corrected chi connectivity index (χ3v) is 6.60. The maximum absolute atomic E-state index is 13.4. The van der Waals surface area contributed by atoms with E-state index < -0.39 is 18.0 Å². The molecule has 0 aliphatic carbocycles. The molecule has 2 saturated heterocycles. The molecule has 2 N–H and O–H groups in total. The van der Waals surface area contributed by atoms with E-state index in [1.54, 1.807) is 9.42 Å². The van der Waals surface area contributed by atoms with E-state index in [0.717, 1.165) is 49.8 Å². The zero-order chi connectivity index (χ0) is 24.7. The minimum Gasteiger partial charge on any atom is -0.405 e. The molecule has 0 saturated carbocycles. The van der Waals surface area contributed by atoms with E-state index in [4.69, 9.17) is 15.8 Å². The Morgan fingerprint density at radius 1 is 1.17 bits per heavy atom. The van der Waals surface area contributed by atoms with Gasteiger partial charge in [-0.15, -0.1) is 13.2 Å². The van der Waals surface area contributed by atoms with Crippen LogP contribution in [-0.4, -0.2) is 57.4 Å². The number of carbonyl (C=O) groups is 1. The minimum atomic E-state index is -4.89. The number of fused-ring (bicyclic) bond motifs is 1. The number of anilines is 1. The molecule has 2 atom stereocenters. The first-order valence-electron chi connectivity index (χ1n) is 11.7. The third kappa shape index (κ3) is 4.77. The number of hydrogen-bond donors (Lipinski definition) is 1. The van der Waals surface area contributed by atoms with Crippen molar-refractivity contribution in [1.82, 2.24) is 19.5 Å². The lowest BCUT2D eigenvalue weighted by molar-refractivity contribution is -0.274. The molecule has 1 aromatic carbocycles. The predicted molar refractivity (Wildman–Crippen MR) is 123 cm³/mol. The molecule has 5 rings (SSSR count). The van der Waals surface area contributed by atoms with Gasteiger partial charge in [-0.1, -0.05) is 12.1 Å². The molecule has 2 aliphatic rings. The molecule has 2 fully saturated rings. The number of ether oxygens (including phenoxy) is 1. The van der Waals surface area contributed by atoms with Gasteiger partial charge in [0.05, 0.1) is 17.3 Å². The van der Waals surface area contributed by atoms with E-state index in [2.05, 4.69) is 9.64 Å². The topological polar surface area (TPSA) is 89.0 Å². The molecule has 4 heterocycles. The number of likely N-dealkylation sites (tertiary alicyclic amines) is 1. The Morgan fingerprint density at radius 3 is 2.71 bits per heavy atom. The first-order chi connectivity index (χ1) is 16.7. The van der Waals surface area contributed by atoms with Crippen LogP contribution in [0, 0.1) is 6.92 Å². The number of nitrogens with two attached hydrogens (primary N) is 1. The summed E-state index contributed by atoms with van der Waals surface area (Å²) in [5, 5.41) is 4.69. The van der Waals surface area contributed by atoms with E-state index in [1.807, 2.05) is 19.2 Å². The number of piperidine rings is 1. The fourth-order valence-corrected chi connectivity index (χ4v) is 4.98. The molecular formula is C24H27F3N6O2. The lowest BCUT2D eigenvalue weighted by Gasteiger charge is -2.35. The van der Waals surface area contributed by atoms with Crippen molar-refractivity contribution in [3.05, 3.63) is 53.3 Å². The number of nitrogens with zero attached hydrogens (tertiary/aromatic N) is 5. The van der Waals surface area contributed by atoms with Crippen LogP contribution in [0.1, 0.15) is 53.3 Å². The second kappa shape index (κ2) is 9.03. The van der Waals surface area contributed by atoms with Crippen LogP contribution < -0.4 is 15.4 Å². The number of aryl methyl sites for hydroxylation is 1. The van der Waals surface area contributed by atoms with E-state index in [1.165, 1.54) is 18.2 Å². The number of amides is 1. The largest absolute Gasteiger partial charge is 0.573 e. The summed E-state index contributed by atoms with van der Waals surface area (Å²) in [5.74, 6) is -0.149. The Hall–Kier alpha value is -3.34. The fraction of sp³-hybridized carbons (Fsp3) is 0.458. The van der Waals surface area contributed by atoms with Gasteiger partial charge in [-0.05, 0) is 44.7 Å². The van der Waals surface area contributed by atoms with Gasteiger partial charge in [0.1, 0.15) is 11.6 Å². The maximum Gasteiger partial charge on any atom is 0.573 e. The minimum absolute atomic E-state index is 0.123. The number of aromatic nitrogens is 3. The molecule has 8 nitrogen and oxygen atoms in total. The van der Waals surface area contributed by atoms with Crippen molar-refractivity contribution in [2.45, 2.75) is 51.1 Å². The lowest BCUT2D eigenvalue weighted by Crippen LogP contribution is -2.39. The Labute approximate surface area is 200 Å². The van der Waals surface area contributed by atoms with Crippen LogP contribution in [0.5, 0.6) is 5.75 Å². The third-order valence-electron chi connectivity index (χ3n) is 6.60. The number of hydrogen-bond acceptors (Lipinski definition) is 6. The van der Waals surface area contributed by atoms with Crippen molar-refractivity contribution in [3.63, 3.8) is 0 Å². The van der Waals surface area contributed by atoms with Gasteiger partial charge < -0.3 is 20.3 Å². The first kappa shape index (κ1) is 23.4. The predicted octanol–water partition coefficient (Wildman–Crippen LogP) is 3.84. The Morgan fingerprint density at radius 2 is 1.97 bits per heavy atom. The normalized spacial score (nSPS) is 21.1. The smallest absolute Gasteiger partial charge is 0.405 e. The van der Waals surface area contributed by atoms with Crippen LogP contribution in [0.25, 0.3) is 5.65 Å². The van der Waals surface area contributed by atoms with Crippen LogP contribution in [0.4, 0.5) is 19.0 Å². The van der Waals surface area contributed by atoms with Gasteiger partial charge in [0.2, 0.25) is 0 Å². The van der Waals surface area contributed by atoms with Gasteiger partial charge in [0.15, 0.2) is 5.65 Å². The molecule has 2 aliphatic heterocycles. The molecule has 0 radical (unpaired) electrons. The Kier molecular flexibility index (Phi) is 6.04. The van der Waals surface area contributed by atoms with Gasteiger partial charge >= 0.3 is 6.36 Å². The fourth-order valence-electron chi connectivity index (χ4n) is 4.98. The highest BCUT2D eigenvalue weighted by Crippen LogP contribution is 2.35. The molecule has 1 amide bonds. The number of rotatable bonds is 4. The van der Waals surface area contributed by atoms with Crippen molar-refractivity contribution < 1.29 is 22.7 Å². The summed E-state index contributed by atoms with van der Waals surface area (Å²) in [5.41, 5.74) is 8.23. The highest BCUT2D eigenvalue weighted by atomic mass is 19.4. The highest BCUT2D eigenvalue weighted by Gasteiger charge is 2.36. The number of halogens is 3. The molecule has 186 valence electrons. The molecule has 3 aromatic rings. The summed E-state index contributed by atoms with van der Waals surface area (Å²) >= 11 is 0. The molecular weight excluding hydrogens is 461 g/mol. The van der Waals surface area contributed by atoms with E-state index >= 15 is 0 Å². The van der Waals surface area contributed by atoms with Crippen molar-refractivity contribution in [1.29, 1.82) is 0 Å². The zero-order valence-corrected chi connectivity index (χ0v) is 19.3. The summed E-state index contributed by atoms with van der Waals surface area (Å²) < 4.78 is 44.5. The molecule has 2 aromatic heterocycles. The SMILES string of the molecule is Cc1cn2nc([C@@H]3CCCCN3C(=O)c3ccccc3OC(F)(F)F)cc2nc1N1CC[C@H](N)C1. The summed E-state index contributed by atoms with van der Waals surface area (Å²) in [7, 11) is 0. The van der Waals surface area contributed by atoms with Crippen molar-refractivity contribution in [2.24, 2.45) is 5.73 Å². The summed E-state index contributed by atoms with van der Waals surface area (Å²) in [4.78, 5) is 22.0. The van der Waals surface area contributed by atoms with E-state index in [0.29, 0.717) is 24.3 Å². The second-order valence-corrected chi connectivity index (χ2v) is 9.17. The molecule has 0 spiro atoms. The van der Waals surface area contributed by atoms with Crippen LogP contribution in [-0.2, 0) is 0 Å². The number of carbonyl (C=O) groups excluding carboxylic acids is 1. The monoisotopic (exact) mass is 488 g/mol. The number of para-hydroxylation sites is 1. The maximum atomic E-state index is 13.4. The molecule has 35 heavy (non-hydrogen) atoms. The second-order valence-electron chi connectivity index (χ2n) is 9.17. The Balaban J connectivity index is 1.46. The summed E-state index contributed by atoms with van der Waals surface area (Å²) in [6, 6.07) is 7.05. The standard InChI is InChI=1S/C24H27F3N6O2/c1-15-13-33-21(29-22(15)31-11-9-16(28)14-31)12-18(30-33)19-7-4-5-10-32(19)23(34)17-6-2-3-8-20(17)35-24(25,26)27/h2-3,6,8,12-13,16,19H,4-5,7,9-11,14,28H2,1H3/t16-,19-/m0/s1. The molecule has 0 bridgehead atoms. The van der Waals surface area contributed by atoms with Gasteiger partial charge in [0, 0.05) is 43.5 Å². The van der Waals surface area contributed by atoms with Crippen molar-refractivity contribution in [2.75, 3.05) is 24.5 Å². The molecule has 11 heteroatoms. The first-order valence-corrected chi connectivity index (χ1v) is 11.7. The van der Waals surface area contributed by atoms with Crippen molar-refractivity contribution >= 4 is 17.4 Å². The van der Waals surface area contributed by atoms with E-state index in [9.17, 15) is 18.0 Å².